The van der Waals surface area contributed by atoms with Crippen molar-refractivity contribution in [3.8, 4) is 0 Å². The van der Waals surface area contributed by atoms with Crippen molar-refractivity contribution in [1.82, 2.24) is 0 Å². The highest BCUT2D eigenvalue weighted by Gasteiger charge is 2.33. The molecule has 0 radical (unpaired) electrons. The number of anilines is 1. The average Bonchev–Trinajstić information content (AvgIpc) is 2.24. The molecule has 1 N–H and O–H groups in total. The van der Waals surface area contributed by atoms with Crippen molar-refractivity contribution in [2.45, 2.75) is 39.1 Å². The van der Waals surface area contributed by atoms with Crippen LogP contribution in [0.4, 0.5) is 23.2 Å². The van der Waals surface area contributed by atoms with Gasteiger partial charge in [0.2, 0.25) is 0 Å². The topological polar surface area (TPSA) is 23.5 Å². The lowest BCUT2D eigenvalue weighted by atomic mass is 10.1. The Labute approximate surface area is 109 Å². The minimum atomic E-state index is -4.40. The fourth-order valence-corrected chi connectivity index (χ4v) is 1.76. The standard InChI is InChI=1S/C13H17F4NO/c1-8(2)18(7-13(15,16)17)12-5-4-10(9(3)19)6-11(12)14/h4-6,8-9,19H,7H2,1-3H3. The van der Waals surface area contributed by atoms with Gasteiger partial charge in [0.15, 0.2) is 0 Å². The van der Waals surface area contributed by atoms with Crippen LogP contribution in [0.15, 0.2) is 18.2 Å². The lowest BCUT2D eigenvalue weighted by Crippen LogP contribution is -2.39. The molecule has 1 unspecified atom stereocenters. The molecule has 108 valence electrons. The van der Waals surface area contributed by atoms with E-state index in [2.05, 4.69) is 0 Å². The average molecular weight is 279 g/mol. The van der Waals surface area contributed by atoms with Gasteiger partial charge >= 0.3 is 6.18 Å². The summed E-state index contributed by atoms with van der Waals surface area (Å²) in [6.45, 7) is 3.38. The Morgan fingerprint density at radius 1 is 1.21 bits per heavy atom. The molecule has 0 aliphatic rings. The number of aliphatic hydroxyl groups is 1. The van der Waals surface area contributed by atoms with Crippen molar-refractivity contribution in [1.29, 1.82) is 0 Å². The predicted octanol–water partition coefficient (Wildman–Crippen LogP) is 3.66. The van der Waals surface area contributed by atoms with Crippen LogP contribution in [0.5, 0.6) is 0 Å². The molecule has 6 heteroatoms. The van der Waals surface area contributed by atoms with Crippen LogP contribution in [0.25, 0.3) is 0 Å². The predicted molar refractivity (Wildman–Crippen MR) is 65.6 cm³/mol. The van der Waals surface area contributed by atoms with Crippen molar-refractivity contribution >= 4 is 5.69 Å². The maximum atomic E-state index is 13.9. The fraction of sp³-hybridized carbons (Fsp3) is 0.538. The van der Waals surface area contributed by atoms with E-state index >= 15 is 0 Å². The molecule has 2 nitrogen and oxygen atoms in total. The number of nitrogens with zero attached hydrogens (tertiary/aromatic N) is 1. The van der Waals surface area contributed by atoms with Crippen molar-refractivity contribution in [2.75, 3.05) is 11.4 Å². The molecule has 0 amide bonds. The first-order chi connectivity index (χ1) is 8.61. The minimum Gasteiger partial charge on any atom is -0.389 e. The summed E-state index contributed by atoms with van der Waals surface area (Å²) >= 11 is 0. The van der Waals surface area contributed by atoms with E-state index in [-0.39, 0.29) is 5.69 Å². The summed E-state index contributed by atoms with van der Waals surface area (Å²) in [6, 6.07) is 3.26. The third-order valence-electron chi connectivity index (χ3n) is 2.74. The van der Waals surface area contributed by atoms with E-state index in [0.29, 0.717) is 5.56 Å². The minimum absolute atomic E-state index is 0.114. The van der Waals surface area contributed by atoms with Gasteiger partial charge in [-0.1, -0.05) is 6.07 Å². The summed E-state index contributed by atoms with van der Waals surface area (Å²) in [5.41, 5.74) is 0.216. The second kappa shape index (κ2) is 5.77. The highest BCUT2D eigenvalue weighted by Crippen LogP contribution is 2.28. The van der Waals surface area contributed by atoms with E-state index in [9.17, 15) is 22.7 Å². The van der Waals surface area contributed by atoms with Crippen LogP contribution in [0.3, 0.4) is 0 Å². The SMILES string of the molecule is CC(O)c1ccc(N(CC(F)(F)F)C(C)C)c(F)c1. The second-order valence-electron chi connectivity index (χ2n) is 4.72. The summed E-state index contributed by atoms with van der Waals surface area (Å²) < 4.78 is 51.3. The Balaban J connectivity index is 3.10. The molecule has 1 atom stereocenters. The van der Waals surface area contributed by atoms with Gasteiger partial charge in [0.05, 0.1) is 11.8 Å². The van der Waals surface area contributed by atoms with E-state index in [1.165, 1.54) is 19.1 Å². The van der Waals surface area contributed by atoms with Crippen molar-refractivity contribution in [3.05, 3.63) is 29.6 Å². The van der Waals surface area contributed by atoms with Crippen LogP contribution in [0.1, 0.15) is 32.4 Å². The van der Waals surface area contributed by atoms with Gasteiger partial charge in [0.25, 0.3) is 0 Å². The van der Waals surface area contributed by atoms with Gasteiger partial charge in [-0.25, -0.2) is 4.39 Å². The van der Waals surface area contributed by atoms with Crippen molar-refractivity contribution < 1.29 is 22.7 Å². The largest absolute Gasteiger partial charge is 0.405 e. The summed E-state index contributed by atoms with van der Waals surface area (Å²) in [5, 5.41) is 9.31. The normalized spacial score (nSPS) is 13.7. The maximum absolute atomic E-state index is 13.9. The summed E-state index contributed by atoms with van der Waals surface area (Å²) in [4.78, 5) is 0.946. The summed E-state index contributed by atoms with van der Waals surface area (Å²) in [5.74, 6) is -0.767. The zero-order chi connectivity index (χ0) is 14.8. The van der Waals surface area contributed by atoms with Crippen molar-refractivity contribution in [3.63, 3.8) is 0 Å². The van der Waals surface area contributed by atoms with Gasteiger partial charge in [-0.3, -0.25) is 0 Å². The third kappa shape index (κ3) is 4.38. The molecule has 1 aromatic rings. The monoisotopic (exact) mass is 279 g/mol. The number of hydrogen-bond acceptors (Lipinski definition) is 2. The molecule has 1 aromatic carbocycles. The number of benzene rings is 1. The number of rotatable bonds is 4. The molecule has 0 heterocycles. The van der Waals surface area contributed by atoms with Gasteiger partial charge in [-0.2, -0.15) is 13.2 Å². The molecule has 0 saturated carbocycles. The first-order valence-corrected chi connectivity index (χ1v) is 5.92. The molecule has 0 fully saturated rings. The van der Waals surface area contributed by atoms with E-state index in [4.69, 9.17) is 0 Å². The molecule has 0 spiro atoms. The Morgan fingerprint density at radius 2 is 1.79 bits per heavy atom. The third-order valence-corrected chi connectivity index (χ3v) is 2.74. The molecular weight excluding hydrogens is 262 g/mol. The van der Waals surface area contributed by atoms with Crippen LogP contribution < -0.4 is 4.90 Å². The lowest BCUT2D eigenvalue weighted by Gasteiger charge is -2.30. The number of halogens is 4. The quantitative estimate of drug-likeness (QED) is 0.850. The Kier molecular flexibility index (Phi) is 4.79. The van der Waals surface area contributed by atoms with Crippen LogP contribution in [0, 0.1) is 5.82 Å². The Morgan fingerprint density at radius 3 is 2.16 bits per heavy atom. The molecule has 0 aliphatic carbocycles. The second-order valence-corrected chi connectivity index (χ2v) is 4.72. The number of aliphatic hydroxyl groups excluding tert-OH is 1. The smallest absolute Gasteiger partial charge is 0.389 e. The molecule has 0 aliphatic heterocycles. The molecule has 1 rings (SSSR count). The van der Waals surface area contributed by atoms with Crippen LogP contribution in [0.2, 0.25) is 0 Å². The highest BCUT2D eigenvalue weighted by atomic mass is 19.4. The highest BCUT2D eigenvalue weighted by molar-refractivity contribution is 5.50. The van der Waals surface area contributed by atoms with Gasteiger partial charge in [0.1, 0.15) is 12.4 Å². The number of alkyl halides is 3. The first-order valence-electron chi connectivity index (χ1n) is 5.92. The van der Waals surface area contributed by atoms with Gasteiger partial charge < -0.3 is 10.0 Å². The fourth-order valence-electron chi connectivity index (χ4n) is 1.76. The van der Waals surface area contributed by atoms with Gasteiger partial charge in [-0.05, 0) is 38.5 Å². The zero-order valence-electron chi connectivity index (χ0n) is 11.0. The van der Waals surface area contributed by atoms with E-state index in [0.717, 1.165) is 11.0 Å². The molecular formula is C13H17F4NO. The summed E-state index contributed by atoms with van der Waals surface area (Å²) in [7, 11) is 0. The maximum Gasteiger partial charge on any atom is 0.405 e. The summed E-state index contributed by atoms with van der Waals surface area (Å²) in [6.07, 6.45) is -5.27. The zero-order valence-corrected chi connectivity index (χ0v) is 11.0. The molecule has 0 saturated heterocycles. The van der Waals surface area contributed by atoms with Crippen molar-refractivity contribution in [2.24, 2.45) is 0 Å². The first kappa shape index (κ1) is 15.8. The van der Waals surface area contributed by atoms with E-state index in [1.807, 2.05) is 0 Å². The lowest BCUT2D eigenvalue weighted by molar-refractivity contribution is -0.120. The number of hydrogen-bond donors (Lipinski definition) is 1. The van der Waals surface area contributed by atoms with Crippen LogP contribution in [-0.2, 0) is 0 Å². The molecule has 0 aromatic heterocycles. The van der Waals surface area contributed by atoms with Gasteiger partial charge in [0, 0.05) is 6.04 Å². The molecule has 0 bridgehead atoms. The Bertz CT molecular complexity index is 429. The van der Waals surface area contributed by atoms with E-state index in [1.54, 1.807) is 13.8 Å². The van der Waals surface area contributed by atoms with Crippen LogP contribution >= 0.6 is 0 Å². The molecule has 19 heavy (non-hydrogen) atoms. The Hall–Kier alpha value is -1.30. The van der Waals surface area contributed by atoms with E-state index < -0.39 is 30.7 Å². The van der Waals surface area contributed by atoms with Gasteiger partial charge in [-0.15, -0.1) is 0 Å². The van der Waals surface area contributed by atoms with Crippen LogP contribution in [-0.4, -0.2) is 23.9 Å².